The number of hydrogen-bond acceptors (Lipinski definition) is 6. The van der Waals surface area contributed by atoms with Crippen LogP contribution in [0.3, 0.4) is 0 Å². The number of hydrogen-bond donors (Lipinski definition) is 0. The van der Waals surface area contributed by atoms with Crippen LogP contribution >= 0.6 is 0 Å². The quantitative estimate of drug-likeness (QED) is 0.0262. The molecule has 0 saturated carbocycles. The topological polar surface area (TPSA) is 78.9 Å². The van der Waals surface area contributed by atoms with Crippen LogP contribution in [0.5, 0.6) is 0 Å². The Bertz CT molecular complexity index is 1360. The summed E-state index contributed by atoms with van der Waals surface area (Å²) in [7, 11) is 0. The van der Waals surface area contributed by atoms with Gasteiger partial charge in [-0.3, -0.25) is 14.4 Å². The average molecular weight is 901 g/mol. The number of ether oxygens (including phenoxy) is 3. The zero-order valence-corrected chi connectivity index (χ0v) is 42.0. The molecule has 0 spiro atoms. The van der Waals surface area contributed by atoms with Gasteiger partial charge in [-0.25, -0.2) is 0 Å². The molecule has 0 amide bonds. The second kappa shape index (κ2) is 52.7. The van der Waals surface area contributed by atoms with Crippen molar-refractivity contribution in [2.24, 2.45) is 0 Å². The van der Waals surface area contributed by atoms with E-state index < -0.39 is 12.1 Å². The summed E-state index contributed by atoms with van der Waals surface area (Å²) in [5, 5.41) is 0. The van der Waals surface area contributed by atoms with Crippen LogP contribution in [-0.4, -0.2) is 37.2 Å². The Morgan fingerprint density at radius 3 is 0.985 bits per heavy atom. The van der Waals surface area contributed by atoms with E-state index >= 15 is 0 Å². The molecule has 65 heavy (non-hydrogen) atoms. The maximum Gasteiger partial charge on any atom is 0.306 e. The maximum atomic E-state index is 12.8. The van der Waals surface area contributed by atoms with Crippen LogP contribution in [0.15, 0.2) is 109 Å². The summed E-state index contributed by atoms with van der Waals surface area (Å²) in [5.74, 6) is -1.12. The summed E-state index contributed by atoms with van der Waals surface area (Å²) >= 11 is 0. The van der Waals surface area contributed by atoms with Gasteiger partial charge in [-0.2, -0.15) is 0 Å². The van der Waals surface area contributed by atoms with Crippen LogP contribution < -0.4 is 0 Å². The van der Waals surface area contributed by atoms with Gasteiger partial charge in [-0.1, -0.05) is 207 Å². The summed E-state index contributed by atoms with van der Waals surface area (Å²) in [5.41, 5.74) is 0. The molecule has 6 heteroatoms. The zero-order chi connectivity index (χ0) is 47.2. The number of rotatable bonds is 46. The van der Waals surface area contributed by atoms with Crippen LogP contribution in [0.2, 0.25) is 0 Å². The molecule has 0 saturated heterocycles. The third-order valence-electron chi connectivity index (χ3n) is 10.7. The molecule has 0 N–H and O–H groups in total. The molecule has 0 fully saturated rings. The molecule has 0 aliphatic carbocycles. The highest BCUT2D eigenvalue weighted by Gasteiger charge is 2.19. The number of carbonyl (C=O) groups is 3. The third kappa shape index (κ3) is 50.9. The summed E-state index contributed by atoms with van der Waals surface area (Å²) in [6.45, 7) is 6.44. The molecule has 368 valence electrons. The molecular formula is C59H96O6. The predicted octanol–water partition coefficient (Wildman–Crippen LogP) is 17.5. The van der Waals surface area contributed by atoms with Gasteiger partial charge in [-0.05, 0) is 109 Å². The lowest BCUT2D eigenvalue weighted by Gasteiger charge is -2.18. The monoisotopic (exact) mass is 901 g/mol. The van der Waals surface area contributed by atoms with Gasteiger partial charge in [-0.15, -0.1) is 0 Å². The first-order valence-corrected chi connectivity index (χ1v) is 26.4. The number of carbonyl (C=O) groups excluding carboxylic acids is 3. The van der Waals surface area contributed by atoms with Crippen LogP contribution in [0.25, 0.3) is 0 Å². The van der Waals surface area contributed by atoms with Gasteiger partial charge in [0.1, 0.15) is 13.2 Å². The first-order valence-electron chi connectivity index (χ1n) is 26.4. The van der Waals surface area contributed by atoms with Gasteiger partial charge in [0.25, 0.3) is 0 Å². The lowest BCUT2D eigenvalue weighted by molar-refractivity contribution is -0.166. The Morgan fingerprint density at radius 1 is 0.308 bits per heavy atom. The Labute approximate surface area is 400 Å². The van der Waals surface area contributed by atoms with Crippen molar-refractivity contribution in [2.45, 2.75) is 232 Å². The van der Waals surface area contributed by atoms with Crippen LogP contribution in [0, 0.1) is 0 Å². The fourth-order valence-electron chi connectivity index (χ4n) is 6.74. The fraction of sp³-hybridized carbons (Fsp3) is 0.644. The second-order valence-electron chi connectivity index (χ2n) is 17.1. The summed E-state index contributed by atoms with van der Waals surface area (Å²) in [6, 6.07) is 0. The predicted molar refractivity (Wildman–Crippen MR) is 279 cm³/mol. The first-order chi connectivity index (χ1) is 32.0. The lowest BCUT2D eigenvalue weighted by atomic mass is 10.1. The van der Waals surface area contributed by atoms with Gasteiger partial charge in [0.05, 0.1) is 0 Å². The standard InChI is InChI=1S/C59H96O6/c1-4-7-10-13-16-19-22-25-27-29-31-34-37-40-43-46-49-52-58(61)64-55-56(54-63-57(60)51-48-45-42-39-36-33-24-21-18-15-12-9-6-3)65-59(62)53-50-47-44-41-38-35-32-30-28-26-23-20-17-14-11-8-5-2/h16,19,25-28,31-36,40-45,56H,4-15,17-18,20-24,29-30,37-39,46-55H2,1-3H3/b19-16+,27-25+,28-26+,34-31+,35-32+,36-33+,43-40+,44-41+,45-42+. The van der Waals surface area contributed by atoms with E-state index in [4.69, 9.17) is 14.2 Å². The second-order valence-corrected chi connectivity index (χ2v) is 17.1. The van der Waals surface area contributed by atoms with Crippen LogP contribution in [-0.2, 0) is 28.6 Å². The third-order valence-corrected chi connectivity index (χ3v) is 10.7. The molecule has 1 unspecified atom stereocenters. The smallest absolute Gasteiger partial charge is 0.306 e. The highest BCUT2D eigenvalue weighted by molar-refractivity contribution is 5.71. The number of esters is 3. The fourth-order valence-corrected chi connectivity index (χ4v) is 6.74. The molecule has 0 radical (unpaired) electrons. The van der Waals surface area contributed by atoms with E-state index in [1.165, 1.54) is 109 Å². The van der Waals surface area contributed by atoms with Crippen molar-refractivity contribution >= 4 is 17.9 Å². The van der Waals surface area contributed by atoms with E-state index in [-0.39, 0.29) is 44.4 Å². The van der Waals surface area contributed by atoms with Crippen molar-refractivity contribution in [3.05, 3.63) is 109 Å². The van der Waals surface area contributed by atoms with Crippen molar-refractivity contribution in [2.75, 3.05) is 13.2 Å². The van der Waals surface area contributed by atoms with E-state index in [0.29, 0.717) is 19.3 Å². The lowest BCUT2D eigenvalue weighted by Crippen LogP contribution is -2.30. The largest absolute Gasteiger partial charge is 0.462 e. The Morgan fingerprint density at radius 2 is 0.585 bits per heavy atom. The molecule has 0 aliphatic rings. The van der Waals surface area contributed by atoms with Gasteiger partial charge in [0.15, 0.2) is 6.10 Å². The van der Waals surface area contributed by atoms with Crippen molar-refractivity contribution < 1.29 is 28.6 Å². The van der Waals surface area contributed by atoms with Crippen LogP contribution in [0.1, 0.15) is 226 Å². The molecule has 0 aromatic rings. The normalized spacial score (nSPS) is 13.0. The number of unbranched alkanes of at least 4 members (excludes halogenated alkanes) is 17. The molecule has 0 bridgehead atoms. The molecule has 0 aliphatic heterocycles. The average Bonchev–Trinajstić information content (AvgIpc) is 3.30. The van der Waals surface area contributed by atoms with Gasteiger partial charge >= 0.3 is 17.9 Å². The summed E-state index contributed by atoms with van der Waals surface area (Å²) < 4.78 is 16.6. The molecule has 0 rings (SSSR count). The van der Waals surface area contributed by atoms with Crippen LogP contribution in [0.4, 0.5) is 0 Å². The van der Waals surface area contributed by atoms with Gasteiger partial charge in [0.2, 0.25) is 0 Å². The highest BCUT2D eigenvalue weighted by Crippen LogP contribution is 2.11. The molecular weight excluding hydrogens is 805 g/mol. The van der Waals surface area contributed by atoms with E-state index in [1.54, 1.807) is 0 Å². The SMILES string of the molecule is CCCCC/C=C/C/C=C/C/C=C/C/C=C/CCCC(=O)OCC(COC(=O)CC/C=C/C/C=C/CCCCCCCC)OC(=O)CCC/C=C/C/C=C/C/C=C/CCCCCCCC. The van der Waals surface area contributed by atoms with E-state index in [1.807, 2.05) is 6.08 Å². The van der Waals surface area contributed by atoms with Crippen molar-refractivity contribution in [3.63, 3.8) is 0 Å². The first kappa shape index (κ1) is 61.1. The highest BCUT2D eigenvalue weighted by atomic mass is 16.6. The van der Waals surface area contributed by atoms with Crippen molar-refractivity contribution in [1.29, 1.82) is 0 Å². The molecule has 0 aromatic carbocycles. The minimum absolute atomic E-state index is 0.145. The summed E-state index contributed by atoms with van der Waals surface area (Å²) in [6.07, 6.45) is 71.0. The Hall–Kier alpha value is -3.93. The zero-order valence-electron chi connectivity index (χ0n) is 42.0. The molecule has 1 atom stereocenters. The number of allylic oxidation sites excluding steroid dienone is 18. The Kier molecular flexibility index (Phi) is 49.5. The molecule has 6 nitrogen and oxygen atoms in total. The minimum atomic E-state index is -0.850. The summed E-state index contributed by atoms with van der Waals surface area (Å²) in [4.78, 5) is 37.9. The van der Waals surface area contributed by atoms with Crippen molar-refractivity contribution in [3.8, 4) is 0 Å². The minimum Gasteiger partial charge on any atom is -0.462 e. The Balaban J connectivity index is 4.63. The maximum absolute atomic E-state index is 12.8. The molecule has 0 heterocycles. The van der Waals surface area contributed by atoms with E-state index in [2.05, 4.69) is 124 Å². The van der Waals surface area contributed by atoms with Gasteiger partial charge in [0, 0.05) is 19.3 Å². The molecule has 0 aromatic heterocycles. The van der Waals surface area contributed by atoms with Gasteiger partial charge < -0.3 is 14.2 Å². The van der Waals surface area contributed by atoms with E-state index in [9.17, 15) is 14.4 Å². The van der Waals surface area contributed by atoms with Crippen molar-refractivity contribution in [1.82, 2.24) is 0 Å². The van der Waals surface area contributed by atoms with E-state index in [0.717, 1.165) is 57.8 Å².